The van der Waals surface area contributed by atoms with Gasteiger partial charge in [0.05, 0.1) is 5.57 Å². The number of carboxylic acids is 2. The fourth-order valence-electron chi connectivity index (χ4n) is 2.29. The van der Waals surface area contributed by atoms with Gasteiger partial charge in [-0.2, -0.15) is 0 Å². The zero-order valence-electron chi connectivity index (χ0n) is 11.9. The predicted octanol–water partition coefficient (Wildman–Crippen LogP) is 2.33. The molecule has 0 saturated heterocycles. The lowest BCUT2D eigenvalue weighted by atomic mass is 9.84. The molecule has 0 aromatic heterocycles. The van der Waals surface area contributed by atoms with Gasteiger partial charge in [-0.05, 0) is 35.4 Å². The lowest BCUT2D eigenvalue weighted by molar-refractivity contribution is -0.135. The highest BCUT2D eigenvalue weighted by atomic mass is 16.4. The molecule has 0 unspecified atom stereocenters. The molecule has 6 heteroatoms. The number of aromatic hydroxyl groups is 2. The van der Waals surface area contributed by atoms with Gasteiger partial charge in [0.15, 0.2) is 0 Å². The molecule has 0 radical (unpaired) electrons. The van der Waals surface area contributed by atoms with E-state index in [0.29, 0.717) is 17.2 Å². The van der Waals surface area contributed by atoms with E-state index in [0.717, 1.165) is 0 Å². The van der Waals surface area contributed by atoms with Crippen molar-refractivity contribution in [3.63, 3.8) is 0 Å². The van der Waals surface area contributed by atoms with Crippen molar-refractivity contribution in [1.29, 1.82) is 0 Å². The Kier molecular flexibility index (Phi) is 4.66. The summed E-state index contributed by atoms with van der Waals surface area (Å²) >= 11 is 0. The number of benzene rings is 2. The first-order valence-electron chi connectivity index (χ1n) is 6.64. The molecule has 4 N–H and O–H groups in total. The van der Waals surface area contributed by atoms with Gasteiger partial charge in [-0.3, -0.25) is 0 Å². The van der Waals surface area contributed by atoms with Crippen LogP contribution >= 0.6 is 0 Å². The summed E-state index contributed by atoms with van der Waals surface area (Å²) in [5.41, 5.74) is 0.681. The van der Waals surface area contributed by atoms with Gasteiger partial charge in [0.2, 0.25) is 0 Å². The Balaban J connectivity index is 2.63. The third kappa shape index (κ3) is 3.88. The largest absolute Gasteiger partial charge is 0.508 e. The molecule has 2 aromatic rings. The molecule has 6 nitrogen and oxygen atoms in total. The van der Waals surface area contributed by atoms with E-state index in [1.54, 1.807) is 0 Å². The average Bonchev–Trinajstić information content (AvgIpc) is 2.49. The van der Waals surface area contributed by atoms with Crippen LogP contribution in [0.5, 0.6) is 11.5 Å². The Bertz CT molecular complexity index is 698. The second kappa shape index (κ2) is 6.65. The van der Waals surface area contributed by atoms with Gasteiger partial charge in [-0.15, -0.1) is 0 Å². The minimum atomic E-state index is -1.37. The van der Waals surface area contributed by atoms with Gasteiger partial charge < -0.3 is 20.4 Å². The van der Waals surface area contributed by atoms with Crippen LogP contribution in [0.25, 0.3) is 0 Å². The van der Waals surface area contributed by atoms with Gasteiger partial charge in [-0.25, -0.2) is 9.59 Å². The summed E-state index contributed by atoms with van der Waals surface area (Å²) in [6.07, 6.45) is 0.646. The van der Waals surface area contributed by atoms with E-state index in [1.165, 1.54) is 48.5 Å². The van der Waals surface area contributed by atoms with Crippen LogP contribution in [-0.4, -0.2) is 32.4 Å². The fraction of sp³-hybridized carbons (Fsp3) is 0.0588. The number of aliphatic carboxylic acids is 2. The number of phenolic OH excluding ortho intramolecular Hbond substituents is 2. The second-order valence-corrected chi connectivity index (χ2v) is 4.86. The number of phenols is 2. The molecule has 118 valence electrons. The molecule has 0 amide bonds. The van der Waals surface area contributed by atoms with E-state index in [4.69, 9.17) is 5.11 Å². The minimum Gasteiger partial charge on any atom is -0.508 e. The van der Waals surface area contributed by atoms with Crippen LogP contribution in [0, 0.1) is 0 Å². The normalized spacial score (nSPS) is 11.4. The van der Waals surface area contributed by atoms with Crippen molar-refractivity contribution in [1.82, 2.24) is 0 Å². The summed E-state index contributed by atoms with van der Waals surface area (Å²) in [7, 11) is 0. The van der Waals surface area contributed by atoms with Crippen molar-refractivity contribution in [2.75, 3.05) is 0 Å². The summed E-state index contributed by atoms with van der Waals surface area (Å²) in [5.74, 6) is -3.57. The molecule has 0 spiro atoms. The van der Waals surface area contributed by atoms with Gasteiger partial charge in [-0.1, -0.05) is 24.3 Å². The van der Waals surface area contributed by atoms with Crippen molar-refractivity contribution in [2.45, 2.75) is 5.92 Å². The second-order valence-electron chi connectivity index (χ2n) is 4.86. The first-order valence-corrected chi connectivity index (χ1v) is 6.64. The zero-order chi connectivity index (χ0) is 17.0. The number of rotatable bonds is 5. The Morgan fingerprint density at radius 1 is 0.783 bits per heavy atom. The quantitative estimate of drug-likeness (QED) is 0.630. The molecule has 2 rings (SSSR count). The van der Waals surface area contributed by atoms with E-state index in [2.05, 4.69) is 0 Å². The Morgan fingerprint density at radius 3 is 1.48 bits per heavy atom. The molecule has 0 atom stereocenters. The highest BCUT2D eigenvalue weighted by molar-refractivity contribution is 5.96. The van der Waals surface area contributed by atoms with Crippen LogP contribution in [-0.2, 0) is 9.59 Å². The predicted molar refractivity (Wildman–Crippen MR) is 81.4 cm³/mol. The third-order valence-electron chi connectivity index (χ3n) is 3.29. The van der Waals surface area contributed by atoms with Crippen molar-refractivity contribution < 1.29 is 30.0 Å². The molecule has 0 heterocycles. The highest BCUT2D eigenvalue weighted by Gasteiger charge is 2.25. The van der Waals surface area contributed by atoms with Gasteiger partial charge in [0, 0.05) is 12.0 Å². The van der Waals surface area contributed by atoms with E-state index >= 15 is 0 Å². The molecule has 0 aliphatic carbocycles. The van der Waals surface area contributed by atoms with Crippen molar-refractivity contribution in [3.8, 4) is 11.5 Å². The zero-order valence-corrected chi connectivity index (χ0v) is 11.9. The van der Waals surface area contributed by atoms with Crippen LogP contribution in [0.15, 0.2) is 60.2 Å². The third-order valence-corrected chi connectivity index (χ3v) is 3.29. The highest BCUT2D eigenvalue weighted by Crippen LogP contribution is 2.33. The lowest BCUT2D eigenvalue weighted by Gasteiger charge is -2.19. The van der Waals surface area contributed by atoms with Crippen LogP contribution in [0.1, 0.15) is 17.0 Å². The minimum absolute atomic E-state index is 0.0114. The number of hydrogen-bond donors (Lipinski definition) is 4. The average molecular weight is 314 g/mol. The van der Waals surface area contributed by atoms with Gasteiger partial charge in [0.1, 0.15) is 11.5 Å². The Labute approximate surface area is 131 Å². The monoisotopic (exact) mass is 314 g/mol. The van der Waals surface area contributed by atoms with Crippen LogP contribution in [0.4, 0.5) is 0 Å². The number of hydrogen-bond acceptors (Lipinski definition) is 4. The maximum atomic E-state index is 11.5. The maximum Gasteiger partial charge on any atom is 0.332 e. The molecule has 2 aromatic carbocycles. The molecule has 23 heavy (non-hydrogen) atoms. The van der Waals surface area contributed by atoms with E-state index in [1.807, 2.05) is 0 Å². The summed E-state index contributed by atoms with van der Waals surface area (Å²) in [4.78, 5) is 22.5. The van der Waals surface area contributed by atoms with Crippen LogP contribution < -0.4 is 0 Å². The van der Waals surface area contributed by atoms with E-state index in [9.17, 15) is 24.9 Å². The molecular formula is C17H14O6. The van der Waals surface area contributed by atoms with Crippen LogP contribution in [0.3, 0.4) is 0 Å². The van der Waals surface area contributed by atoms with E-state index < -0.39 is 17.9 Å². The SMILES string of the molecule is O=C(O)C=C(C(=O)O)C(c1ccc(O)cc1)c1ccc(O)cc1. The molecular weight excluding hydrogens is 300 g/mol. The topological polar surface area (TPSA) is 115 Å². The Hall–Kier alpha value is -3.28. The van der Waals surface area contributed by atoms with Gasteiger partial charge >= 0.3 is 11.9 Å². The standard InChI is InChI=1S/C17H14O6/c18-12-5-1-10(2-6-12)16(11-3-7-13(19)8-4-11)14(17(22)23)9-15(20)21/h1-9,16,18-19H,(H,20,21)(H,22,23). The summed E-state index contributed by atoms with van der Waals surface area (Å²) in [6, 6.07) is 11.6. The fourth-order valence-corrected chi connectivity index (χ4v) is 2.29. The molecule has 0 aliphatic heterocycles. The molecule has 0 fully saturated rings. The number of carboxylic acid groups (broad SMARTS) is 2. The molecule has 0 aliphatic rings. The number of carbonyl (C=O) groups is 2. The first-order chi connectivity index (χ1) is 10.9. The summed E-state index contributed by atoms with van der Waals surface area (Å²) in [5, 5.41) is 37.1. The van der Waals surface area contributed by atoms with Gasteiger partial charge in [0.25, 0.3) is 0 Å². The lowest BCUT2D eigenvalue weighted by Crippen LogP contribution is -2.14. The summed E-state index contributed by atoms with van der Waals surface area (Å²) < 4.78 is 0. The molecule has 0 bridgehead atoms. The maximum absolute atomic E-state index is 11.5. The van der Waals surface area contributed by atoms with Crippen molar-refractivity contribution in [3.05, 3.63) is 71.3 Å². The first kappa shape index (κ1) is 16.1. The molecule has 0 saturated carbocycles. The van der Waals surface area contributed by atoms with Crippen molar-refractivity contribution >= 4 is 11.9 Å². The Morgan fingerprint density at radius 2 is 1.17 bits per heavy atom. The van der Waals surface area contributed by atoms with Crippen molar-refractivity contribution in [2.24, 2.45) is 0 Å². The summed E-state index contributed by atoms with van der Waals surface area (Å²) in [6.45, 7) is 0. The smallest absolute Gasteiger partial charge is 0.332 e. The van der Waals surface area contributed by atoms with Crippen LogP contribution in [0.2, 0.25) is 0 Å². The van der Waals surface area contributed by atoms with E-state index in [-0.39, 0.29) is 17.1 Å².